The number of aromatic nitrogens is 1. The van der Waals surface area contributed by atoms with Gasteiger partial charge < -0.3 is 11.1 Å². The third-order valence-electron chi connectivity index (χ3n) is 2.88. The van der Waals surface area contributed by atoms with Gasteiger partial charge in [0.05, 0.1) is 10.6 Å². The molecule has 2 heterocycles. The lowest BCUT2D eigenvalue weighted by molar-refractivity contribution is -0.116. The van der Waals surface area contributed by atoms with E-state index in [2.05, 4.69) is 10.3 Å². The standard InChI is InChI=1S/C14H19N3OS2/c15-8-4-2-1-3-7-13(18)17-14-16-11(10-20-14)12-6-5-9-19-12/h5-6,9-10H,1-4,7-8,15H2,(H,16,17,18). The van der Waals surface area contributed by atoms with Crippen LogP contribution in [0, 0.1) is 0 Å². The summed E-state index contributed by atoms with van der Waals surface area (Å²) in [4.78, 5) is 17.3. The van der Waals surface area contributed by atoms with Crippen molar-refractivity contribution in [3.8, 4) is 10.6 Å². The minimum absolute atomic E-state index is 0.0461. The molecule has 2 aromatic rings. The molecular weight excluding hydrogens is 290 g/mol. The second kappa shape index (κ2) is 8.14. The highest BCUT2D eigenvalue weighted by Gasteiger charge is 2.08. The van der Waals surface area contributed by atoms with Crippen LogP contribution in [-0.4, -0.2) is 17.4 Å². The average molecular weight is 309 g/mol. The molecule has 0 aliphatic carbocycles. The number of anilines is 1. The van der Waals surface area contributed by atoms with E-state index in [9.17, 15) is 4.79 Å². The molecule has 3 N–H and O–H groups in total. The smallest absolute Gasteiger partial charge is 0.226 e. The van der Waals surface area contributed by atoms with Crippen molar-refractivity contribution in [2.75, 3.05) is 11.9 Å². The van der Waals surface area contributed by atoms with Gasteiger partial charge in [-0.3, -0.25) is 4.79 Å². The minimum Gasteiger partial charge on any atom is -0.330 e. The molecule has 20 heavy (non-hydrogen) atoms. The lowest BCUT2D eigenvalue weighted by Gasteiger charge is -2.01. The normalized spacial score (nSPS) is 10.7. The van der Waals surface area contributed by atoms with Crippen LogP contribution in [0.4, 0.5) is 5.13 Å². The van der Waals surface area contributed by atoms with Crippen LogP contribution in [0.3, 0.4) is 0 Å². The third-order valence-corrected chi connectivity index (χ3v) is 4.53. The van der Waals surface area contributed by atoms with E-state index in [1.54, 1.807) is 11.3 Å². The van der Waals surface area contributed by atoms with Gasteiger partial charge in [-0.05, 0) is 30.8 Å². The van der Waals surface area contributed by atoms with Gasteiger partial charge in [-0.25, -0.2) is 4.98 Å². The Morgan fingerprint density at radius 1 is 1.25 bits per heavy atom. The zero-order valence-electron chi connectivity index (χ0n) is 11.3. The van der Waals surface area contributed by atoms with E-state index in [0.29, 0.717) is 11.6 Å². The number of thiazole rings is 1. The van der Waals surface area contributed by atoms with E-state index in [1.807, 2.05) is 22.9 Å². The monoisotopic (exact) mass is 309 g/mol. The molecule has 108 valence electrons. The summed E-state index contributed by atoms with van der Waals surface area (Å²) in [6, 6.07) is 4.03. The number of hydrogen-bond acceptors (Lipinski definition) is 5. The quantitative estimate of drug-likeness (QED) is 0.730. The van der Waals surface area contributed by atoms with Crippen molar-refractivity contribution in [3.63, 3.8) is 0 Å². The van der Waals surface area contributed by atoms with Crippen molar-refractivity contribution in [3.05, 3.63) is 22.9 Å². The Morgan fingerprint density at radius 3 is 2.85 bits per heavy atom. The highest BCUT2D eigenvalue weighted by atomic mass is 32.1. The molecule has 0 fully saturated rings. The molecule has 0 unspecified atom stereocenters. The van der Waals surface area contributed by atoms with Crippen LogP contribution in [0.1, 0.15) is 32.1 Å². The molecule has 6 heteroatoms. The zero-order chi connectivity index (χ0) is 14.2. The molecule has 0 radical (unpaired) electrons. The summed E-state index contributed by atoms with van der Waals surface area (Å²) in [5.74, 6) is 0.0461. The van der Waals surface area contributed by atoms with Gasteiger partial charge in [0.1, 0.15) is 0 Å². The molecule has 0 aromatic carbocycles. The molecule has 0 saturated carbocycles. The number of carbonyl (C=O) groups is 1. The summed E-state index contributed by atoms with van der Waals surface area (Å²) in [5.41, 5.74) is 6.36. The maximum atomic E-state index is 11.8. The molecule has 1 amide bonds. The van der Waals surface area contributed by atoms with Crippen LogP contribution in [0.15, 0.2) is 22.9 Å². The minimum atomic E-state index is 0.0461. The Kier molecular flexibility index (Phi) is 6.17. The Morgan fingerprint density at radius 2 is 2.10 bits per heavy atom. The number of nitrogens with one attached hydrogen (secondary N) is 1. The third kappa shape index (κ3) is 4.70. The molecule has 0 aliphatic heterocycles. The van der Waals surface area contributed by atoms with Gasteiger partial charge in [0, 0.05) is 11.8 Å². The van der Waals surface area contributed by atoms with Crippen LogP contribution < -0.4 is 11.1 Å². The maximum absolute atomic E-state index is 11.8. The molecule has 0 spiro atoms. The number of hydrogen-bond donors (Lipinski definition) is 2. The topological polar surface area (TPSA) is 68.0 Å². The van der Waals surface area contributed by atoms with E-state index in [-0.39, 0.29) is 5.91 Å². The maximum Gasteiger partial charge on any atom is 0.226 e. The number of nitrogens with two attached hydrogens (primary N) is 1. The van der Waals surface area contributed by atoms with Gasteiger partial charge in [0.15, 0.2) is 5.13 Å². The van der Waals surface area contributed by atoms with Crippen LogP contribution in [-0.2, 0) is 4.79 Å². The van der Waals surface area contributed by atoms with Gasteiger partial charge in [-0.2, -0.15) is 0 Å². The van der Waals surface area contributed by atoms with Crippen molar-refractivity contribution < 1.29 is 4.79 Å². The van der Waals surface area contributed by atoms with Crippen molar-refractivity contribution in [2.24, 2.45) is 5.73 Å². The Bertz CT molecular complexity index is 522. The lowest BCUT2D eigenvalue weighted by atomic mass is 10.1. The van der Waals surface area contributed by atoms with E-state index in [1.165, 1.54) is 11.3 Å². The molecule has 2 aromatic heterocycles. The molecule has 0 bridgehead atoms. The van der Waals surface area contributed by atoms with Crippen molar-refractivity contribution in [1.29, 1.82) is 0 Å². The SMILES string of the molecule is NCCCCCCC(=O)Nc1nc(-c2cccs2)cs1. The number of nitrogens with zero attached hydrogens (tertiary/aromatic N) is 1. The van der Waals surface area contributed by atoms with Gasteiger partial charge in [0.25, 0.3) is 0 Å². The summed E-state index contributed by atoms with van der Waals surface area (Å²) in [6.45, 7) is 0.733. The molecule has 4 nitrogen and oxygen atoms in total. The predicted molar refractivity (Wildman–Crippen MR) is 86.2 cm³/mol. The Balaban J connectivity index is 1.74. The van der Waals surface area contributed by atoms with Crippen LogP contribution >= 0.6 is 22.7 Å². The van der Waals surface area contributed by atoms with E-state index in [0.717, 1.165) is 42.8 Å². The molecule has 0 saturated heterocycles. The number of unbranched alkanes of at least 4 members (excludes halogenated alkanes) is 3. The summed E-state index contributed by atoms with van der Waals surface area (Å²) < 4.78 is 0. The van der Waals surface area contributed by atoms with Crippen LogP contribution in [0.25, 0.3) is 10.6 Å². The predicted octanol–water partition coefficient (Wildman–Crippen LogP) is 3.72. The summed E-state index contributed by atoms with van der Waals surface area (Å²) in [7, 11) is 0. The number of carbonyl (C=O) groups excluding carboxylic acids is 1. The highest BCUT2D eigenvalue weighted by Crippen LogP contribution is 2.28. The summed E-state index contributed by atoms with van der Waals surface area (Å²) in [6.07, 6.45) is 4.66. The van der Waals surface area contributed by atoms with Crippen molar-refractivity contribution in [1.82, 2.24) is 4.98 Å². The zero-order valence-corrected chi connectivity index (χ0v) is 12.9. The first-order chi connectivity index (χ1) is 9.79. The van der Waals surface area contributed by atoms with Crippen molar-refractivity contribution in [2.45, 2.75) is 32.1 Å². The van der Waals surface area contributed by atoms with Crippen LogP contribution in [0.5, 0.6) is 0 Å². The van der Waals surface area contributed by atoms with Gasteiger partial charge in [-0.1, -0.05) is 18.9 Å². The largest absolute Gasteiger partial charge is 0.330 e. The fourth-order valence-corrected chi connectivity index (χ4v) is 3.32. The first kappa shape index (κ1) is 15.2. The Hall–Kier alpha value is -1.24. The van der Waals surface area contributed by atoms with Crippen LogP contribution in [0.2, 0.25) is 0 Å². The first-order valence-corrected chi connectivity index (χ1v) is 8.55. The van der Waals surface area contributed by atoms with E-state index in [4.69, 9.17) is 5.73 Å². The average Bonchev–Trinajstić information content (AvgIpc) is 3.08. The van der Waals surface area contributed by atoms with Crippen molar-refractivity contribution >= 4 is 33.7 Å². The number of thiophene rings is 1. The number of amides is 1. The Labute approximate surface area is 127 Å². The second-order valence-electron chi connectivity index (χ2n) is 4.52. The van der Waals surface area contributed by atoms with Gasteiger partial charge in [0.2, 0.25) is 5.91 Å². The second-order valence-corrected chi connectivity index (χ2v) is 6.32. The molecular formula is C14H19N3OS2. The molecule has 0 aliphatic rings. The summed E-state index contributed by atoms with van der Waals surface area (Å²) >= 11 is 3.12. The van der Waals surface area contributed by atoms with Gasteiger partial charge >= 0.3 is 0 Å². The first-order valence-electron chi connectivity index (χ1n) is 6.79. The fraction of sp³-hybridized carbons (Fsp3) is 0.429. The fourth-order valence-electron chi connectivity index (χ4n) is 1.83. The van der Waals surface area contributed by atoms with E-state index < -0.39 is 0 Å². The lowest BCUT2D eigenvalue weighted by Crippen LogP contribution is -2.10. The molecule has 2 rings (SSSR count). The summed E-state index contributed by atoms with van der Waals surface area (Å²) in [5, 5.41) is 7.54. The highest BCUT2D eigenvalue weighted by molar-refractivity contribution is 7.16. The molecule has 0 atom stereocenters. The van der Waals surface area contributed by atoms with E-state index >= 15 is 0 Å². The number of rotatable bonds is 8. The van der Waals surface area contributed by atoms with Gasteiger partial charge in [-0.15, -0.1) is 22.7 Å².